The first-order chi connectivity index (χ1) is 20.9. The summed E-state index contributed by atoms with van der Waals surface area (Å²) in [5, 5.41) is 11.8. The number of carbonyl (C=O) groups excluding carboxylic acids is 2. The second-order valence-electron chi connectivity index (χ2n) is 10.9. The Hall–Kier alpha value is -4.49. The summed E-state index contributed by atoms with van der Waals surface area (Å²) in [6.45, 7) is 10.3. The average Bonchev–Trinajstić information content (AvgIpc) is 3.42. The van der Waals surface area contributed by atoms with E-state index >= 15 is 0 Å². The van der Waals surface area contributed by atoms with E-state index in [1.807, 2.05) is 24.6 Å². The summed E-state index contributed by atoms with van der Waals surface area (Å²) in [5.41, 5.74) is 11.8. The molecule has 0 saturated carbocycles. The number of nitrogens with zero attached hydrogens (tertiary/aromatic N) is 4. The topological polar surface area (TPSA) is 173 Å². The van der Waals surface area contributed by atoms with Crippen molar-refractivity contribution in [3.05, 3.63) is 82.7 Å². The molecule has 234 valence electrons. The molecule has 12 nitrogen and oxygen atoms in total. The number of nitrogens with one attached hydrogen (secondary N) is 2. The first-order valence-corrected chi connectivity index (χ1v) is 15.8. The fourth-order valence-electron chi connectivity index (χ4n) is 4.94. The van der Waals surface area contributed by atoms with Gasteiger partial charge in [-0.15, -0.1) is 0 Å². The van der Waals surface area contributed by atoms with Crippen molar-refractivity contribution in [1.29, 1.82) is 0 Å². The number of aromatic nitrogens is 3. The highest BCUT2D eigenvalue weighted by Crippen LogP contribution is 2.28. The molecule has 4 aromatic rings. The SMILES string of the molecule is CCn1ncc2c(NC3CCN(C(N)=O)CC3)c(C(=O)NCc3ccc(C)c(C)c3)cnc21.Cc1ccc(S(=O)(=O)O)cc1. The van der Waals surface area contributed by atoms with Crippen LogP contribution in [-0.4, -0.2) is 63.7 Å². The number of likely N-dealkylation sites (tertiary alicyclic amines) is 1. The minimum Gasteiger partial charge on any atom is -0.381 e. The Kier molecular flexibility index (Phi) is 10.2. The molecule has 2 aromatic heterocycles. The van der Waals surface area contributed by atoms with Crippen LogP contribution < -0.4 is 16.4 Å². The van der Waals surface area contributed by atoms with Gasteiger partial charge in [-0.25, -0.2) is 14.5 Å². The molecule has 2 aromatic carbocycles. The number of urea groups is 1. The molecule has 3 amide bonds. The fraction of sp³-hybridized carbons (Fsp3) is 0.355. The van der Waals surface area contributed by atoms with Crippen molar-refractivity contribution in [2.24, 2.45) is 5.73 Å². The van der Waals surface area contributed by atoms with Crippen molar-refractivity contribution < 1.29 is 22.6 Å². The Labute approximate surface area is 257 Å². The van der Waals surface area contributed by atoms with Gasteiger partial charge in [-0.3, -0.25) is 9.35 Å². The van der Waals surface area contributed by atoms with Crippen molar-refractivity contribution in [3.63, 3.8) is 0 Å². The van der Waals surface area contributed by atoms with E-state index in [0.29, 0.717) is 31.7 Å². The summed E-state index contributed by atoms with van der Waals surface area (Å²) in [6, 6.07) is 11.9. The van der Waals surface area contributed by atoms with Crippen LogP contribution in [0.15, 0.2) is 59.8 Å². The van der Waals surface area contributed by atoms with Crippen LogP contribution in [0.1, 0.15) is 52.4 Å². The lowest BCUT2D eigenvalue weighted by Gasteiger charge is -2.32. The zero-order chi connectivity index (χ0) is 32.0. The number of nitrogens with two attached hydrogens (primary N) is 1. The smallest absolute Gasteiger partial charge is 0.314 e. The van der Waals surface area contributed by atoms with Crippen LogP contribution in [0.3, 0.4) is 0 Å². The summed E-state index contributed by atoms with van der Waals surface area (Å²) in [5.74, 6) is -0.191. The van der Waals surface area contributed by atoms with Crippen molar-refractivity contribution in [3.8, 4) is 0 Å². The maximum atomic E-state index is 13.2. The highest BCUT2D eigenvalue weighted by Gasteiger charge is 2.25. The number of anilines is 1. The van der Waals surface area contributed by atoms with E-state index < -0.39 is 16.1 Å². The first kappa shape index (κ1) is 32.4. The van der Waals surface area contributed by atoms with Crippen LogP contribution in [0.2, 0.25) is 0 Å². The van der Waals surface area contributed by atoms with Crippen molar-refractivity contribution in [2.45, 2.75) is 64.6 Å². The predicted molar refractivity (Wildman–Crippen MR) is 169 cm³/mol. The van der Waals surface area contributed by atoms with E-state index in [1.54, 1.807) is 29.4 Å². The Balaban J connectivity index is 0.000000339. The second kappa shape index (κ2) is 13.9. The molecule has 13 heteroatoms. The van der Waals surface area contributed by atoms with Crippen LogP contribution in [-0.2, 0) is 23.2 Å². The molecule has 1 fully saturated rings. The van der Waals surface area contributed by atoms with Gasteiger partial charge < -0.3 is 21.3 Å². The molecule has 0 unspecified atom stereocenters. The number of rotatable bonds is 7. The van der Waals surface area contributed by atoms with Crippen LogP contribution in [0.5, 0.6) is 0 Å². The van der Waals surface area contributed by atoms with Crippen molar-refractivity contribution in [1.82, 2.24) is 25.0 Å². The zero-order valence-electron chi connectivity index (χ0n) is 25.4. The number of fused-ring (bicyclic) bond motifs is 1. The first-order valence-electron chi connectivity index (χ1n) is 14.4. The highest BCUT2D eigenvalue weighted by molar-refractivity contribution is 7.85. The molecule has 44 heavy (non-hydrogen) atoms. The van der Waals surface area contributed by atoms with Gasteiger partial charge in [-0.1, -0.05) is 35.9 Å². The molecule has 1 saturated heterocycles. The third kappa shape index (κ3) is 7.91. The average molecular weight is 622 g/mol. The van der Waals surface area contributed by atoms with Gasteiger partial charge in [0.1, 0.15) is 0 Å². The van der Waals surface area contributed by atoms with Crippen molar-refractivity contribution >= 4 is 38.8 Å². The Morgan fingerprint density at radius 2 is 1.70 bits per heavy atom. The molecule has 0 aliphatic carbocycles. The Morgan fingerprint density at radius 1 is 1.02 bits per heavy atom. The minimum absolute atomic E-state index is 0.0666. The lowest BCUT2D eigenvalue weighted by Crippen LogP contribution is -2.44. The third-order valence-corrected chi connectivity index (χ3v) is 8.58. The predicted octanol–water partition coefficient (Wildman–Crippen LogP) is 4.19. The molecule has 0 radical (unpaired) electrons. The third-order valence-electron chi connectivity index (χ3n) is 7.71. The normalized spacial score (nSPS) is 13.7. The quantitative estimate of drug-likeness (QED) is 0.222. The van der Waals surface area contributed by atoms with E-state index in [-0.39, 0.29) is 16.8 Å². The van der Waals surface area contributed by atoms with Gasteiger partial charge in [0.05, 0.1) is 27.7 Å². The monoisotopic (exact) mass is 621 g/mol. The van der Waals surface area contributed by atoms with Crippen LogP contribution in [0, 0.1) is 20.8 Å². The number of aryl methyl sites for hydroxylation is 4. The van der Waals surface area contributed by atoms with Gasteiger partial charge in [-0.2, -0.15) is 13.5 Å². The molecule has 0 atom stereocenters. The molecule has 3 heterocycles. The summed E-state index contributed by atoms with van der Waals surface area (Å²) in [7, 11) is -4.02. The Morgan fingerprint density at radius 3 is 2.30 bits per heavy atom. The van der Waals surface area contributed by atoms with Crippen LogP contribution in [0.4, 0.5) is 10.5 Å². The summed E-state index contributed by atoms with van der Waals surface area (Å²) >= 11 is 0. The lowest BCUT2D eigenvalue weighted by atomic mass is 10.0. The van der Waals surface area contributed by atoms with Gasteiger partial charge in [0.15, 0.2) is 5.65 Å². The summed E-state index contributed by atoms with van der Waals surface area (Å²) < 4.78 is 31.4. The number of hydrogen-bond donors (Lipinski definition) is 4. The van der Waals surface area contributed by atoms with Gasteiger partial charge in [0.25, 0.3) is 16.0 Å². The molecule has 1 aliphatic rings. The molecule has 5 N–H and O–H groups in total. The number of carbonyl (C=O) groups is 2. The van der Waals surface area contributed by atoms with Gasteiger partial charge in [0, 0.05) is 38.4 Å². The highest BCUT2D eigenvalue weighted by atomic mass is 32.2. The maximum Gasteiger partial charge on any atom is 0.314 e. The number of hydrogen-bond acceptors (Lipinski definition) is 7. The second-order valence-corrected chi connectivity index (χ2v) is 12.3. The molecule has 5 rings (SSSR count). The number of amides is 3. The zero-order valence-corrected chi connectivity index (χ0v) is 26.2. The Bertz CT molecular complexity index is 1750. The molecule has 0 bridgehead atoms. The molecule has 1 aliphatic heterocycles. The van der Waals surface area contributed by atoms with E-state index in [1.165, 1.54) is 23.3 Å². The number of pyridine rings is 1. The van der Waals surface area contributed by atoms with Gasteiger partial charge >= 0.3 is 6.03 Å². The summed E-state index contributed by atoms with van der Waals surface area (Å²) in [6.07, 6.45) is 4.87. The van der Waals surface area contributed by atoms with Crippen LogP contribution >= 0.6 is 0 Å². The summed E-state index contributed by atoms with van der Waals surface area (Å²) in [4.78, 5) is 30.8. The largest absolute Gasteiger partial charge is 0.381 e. The van der Waals surface area contributed by atoms with E-state index in [2.05, 4.69) is 46.7 Å². The standard InChI is InChI=1S/C24H31N7O2.C7H8O3S/c1-4-31-22-19(14-28-31)21(29-18-7-9-30(10-8-18)24(25)33)20(13-26-22)23(32)27-12-17-6-5-15(2)16(3)11-17;1-6-2-4-7(5-3-6)11(8,9)10/h5-6,11,13-14,18H,4,7-10,12H2,1-3H3,(H2,25,33)(H,26,29)(H,27,32);2-5H,1H3,(H,8,9,10). The number of benzene rings is 2. The molecular formula is C31H39N7O5S. The lowest BCUT2D eigenvalue weighted by molar-refractivity contribution is 0.0951. The van der Waals surface area contributed by atoms with E-state index in [9.17, 15) is 18.0 Å². The van der Waals surface area contributed by atoms with Gasteiger partial charge in [0.2, 0.25) is 0 Å². The van der Waals surface area contributed by atoms with E-state index in [0.717, 1.165) is 40.7 Å². The van der Waals surface area contributed by atoms with E-state index in [4.69, 9.17) is 10.3 Å². The maximum absolute atomic E-state index is 13.2. The number of piperidine rings is 1. The van der Waals surface area contributed by atoms with Gasteiger partial charge in [-0.05, 0) is 69.4 Å². The number of primary amides is 1. The molecule has 0 spiro atoms. The van der Waals surface area contributed by atoms with Crippen LogP contribution in [0.25, 0.3) is 11.0 Å². The van der Waals surface area contributed by atoms with Crippen molar-refractivity contribution in [2.75, 3.05) is 18.4 Å². The minimum atomic E-state index is -4.02. The fourth-order valence-corrected chi connectivity index (χ4v) is 5.42. The molecular weight excluding hydrogens is 582 g/mol.